The van der Waals surface area contributed by atoms with Gasteiger partial charge in [-0.2, -0.15) is 0 Å². The van der Waals surface area contributed by atoms with Gasteiger partial charge in [0.15, 0.2) is 0 Å². The van der Waals surface area contributed by atoms with E-state index in [1.807, 2.05) is 0 Å². The van der Waals surface area contributed by atoms with E-state index in [0.717, 1.165) is 25.7 Å². The monoisotopic (exact) mass is 316 g/mol. The number of nitrogens with zero attached hydrogens (tertiary/aromatic N) is 1. The highest BCUT2D eigenvalue weighted by atomic mass is 32.2. The molecule has 0 atom stereocenters. The molecule has 0 unspecified atom stereocenters. The van der Waals surface area contributed by atoms with E-state index < -0.39 is 10.0 Å². The Labute approximate surface area is 124 Å². The summed E-state index contributed by atoms with van der Waals surface area (Å²) in [5.41, 5.74) is 6.17. The molecule has 1 aromatic carbocycles. The molecule has 118 valence electrons. The third kappa shape index (κ3) is 4.07. The highest BCUT2D eigenvalue weighted by molar-refractivity contribution is 7.88. The second-order valence-electron chi connectivity index (χ2n) is 5.51. The van der Waals surface area contributed by atoms with Crippen LogP contribution >= 0.6 is 0 Å². The molecule has 0 aromatic heterocycles. The number of nitrogen functional groups attached to an aromatic ring is 1. The topological polar surface area (TPSA) is 72.6 Å². The zero-order valence-electron chi connectivity index (χ0n) is 12.3. The fourth-order valence-electron chi connectivity index (χ4n) is 2.59. The van der Waals surface area contributed by atoms with Crippen LogP contribution in [0.3, 0.4) is 0 Å². The number of anilines is 1. The first-order valence-corrected chi connectivity index (χ1v) is 8.77. The third-order valence-electron chi connectivity index (χ3n) is 3.95. The minimum absolute atomic E-state index is 0.00436. The van der Waals surface area contributed by atoms with Crippen molar-refractivity contribution in [3.63, 3.8) is 0 Å². The number of nitrogens with two attached hydrogens (primary N) is 1. The van der Waals surface area contributed by atoms with Crippen LogP contribution < -0.4 is 10.5 Å². The van der Waals surface area contributed by atoms with E-state index >= 15 is 0 Å². The summed E-state index contributed by atoms with van der Waals surface area (Å²) in [4.78, 5) is 0. The van der Waals surface area contributed by atoms with Gasteiger partial charge in [-0.25, -0.2) is 17.1 Å². The summed E-state index contributed by atoms with van der Waals surface area (Å²) in [6.07, 6.45) is 4.05. The standard InChI is InChI=1S/C14H21FN2O3S/c1-17(21(2,18)19)11-4-6-12(7-5-11)20-14-9-10(15)3-8-13(14)16/h3,8-9,11-12H,4-7,16H2,1-2H3/t11-,12-. The van der Waals surface area contributed by atoms with E-state index in [0.29, 0.717) is 11.4 Å². The van der Waals surface area contributed by atoms with Crippen molar-refractivity contribution in [2.75, 3.05) is 19.0 Å². The van der Waals surface area contributed by atoms with Gasteiger partial charge < -0.3 is 10.5 Å². The van der Waals surface area contributed by atoms with Gasteiger partial charge >= 0.3 is 0 Å². The van der Waals surface area contributed by atoms with Gasteiger partial charge in [-0.3, -0.25) is 0 Å². The molecule has 0 aliphatic heterocycles. The van der Waals surface area contributed by atoms with E-state index in [1.165, 1.54) is 28.8 Å². The van der Waals surface area contributed by atoms with E-state index in [4.69, 9.17) is 10.5 Å². The number of hydrogen-bond donors (Lipinski definition) is 1. The Balaban J connectivity index is 1.94. The van der Waals surface area contributed by atoms with E-state index in [1.54, 1.807) is 7.05 Å². The van der Waals surface area contributed by atoms with Crippen molar-refractivity contribution < 1.29 is 17.5 Å². The van der Waals surface area contributed by atoms with Crippen LogP contribution in [0.25, 0.3) is 0 Å². The Bertz CT molecular complexity index is 598. The zero-order valence-corrected chi connectivity index (χ0v) is 13.1. The maximum Gasteiger partial charge on any atom is 0.211 e. The third-order valence-corrected chi connectivity index (χ3v) is 5.29. The van der Waals surface area contributed by atoms with Crippen LogP contribution in [0.1, 0.15) is 25.7 Å². The molecule has 2 N–H and O–H groups in total. The predicted octanol–water partition coefficient (Wildman–Crippen LogP) is 1.99. The normalized spacial score (nSPS) is 23.2. The molecule has 1 fully saturated rings. The molecule has 1 aliphatic carbocycles. The number of ether oxygens (including phenoxy) is 1. The average Bonchev–Trinajstić information content (AvgIpc) is 2.42. The van der Waals surface area contributed by atoms with Crippen molar-refractivity contribution in [1.29, 1.82) is 0 Å². The summed E-state index contributed by atoms with van der Waals surface area (Å²) in [5, 5.41) is 0. The van der Waals surface area contributed by atoms with Crippen molar-refractivity contribution in [2.45, 2.75) is 37.8 Å². The lowest BCUT2D eigenvalue weighted by Crippen LogP contribution is -2.40. The molecule has 1 saturated carbocycles. The van der Waals surface area contributed by atoms with E-state index in [9.17, 15) is 12.8 Å². The highest BCUT2D eigenvalue weighted by Crippen LogP contribution is 2.30. The molecule has 2 rings (SSSR count). The van der Waals surface area contributed by atoms with Crippen LogP contribution in [0, 0.1) is 5.82 Å². The summed E-state index contributed by atoms with van der Waals surface area (Å²) in [6.45, 7) is 0. The maximum atomic E-state index is 13.2. The van der Waals surface area contributed by atoms with Crippen LogP contribution in [0.4, 0.5) is 10.1 Å². The molecule has 5 nitrogen and oxygen atoms in total. The van der Waals surface area contributed by atoms with Crippen LogP contribution in [0.5, 0.6) is 5.75 Å². The van der Waals surface area contributed by atoms with Gasteiger partial charge in [0.25, 0.3) is 0 Å². The summed E-state index contributed by atoms with van der Waals surface area (Å²) in [5.74, 6) is -0.0281. The second-order valence-corrected chi connectivity index (χ2v) is 7.55. The first kappa shape index (κ1) is 16.0. The highest BCUT2D eigenvalue weighted by Gasteiger charge is 2.29. The largest absolute Gasteiger partial charge is 0.488 e. The molecular weight excluding hydrogens is 295 g/mol. The summed E-state index contributed by atoms with van der Waals surface area (Å²) in [7, 11) is -1.57. The second kappa shape index (κ2) is 6.19. The Kier molecular flexibility index (Phi) is 4.73. The Morgan fingerprint density at radius 1 is 1.29 bits per heavy atom. The van der Waals surface area contributed by atoms with Gasteiger partial charge in [0, 0.05) is 19.2 Å². The van der Waals surface area contributed by atoms with Crippen LogP contribution in [-0.2, 0) is 10.0 Å². The molecule has 0 radical (unpaired) electrons. The lowest BCUT2D eigenvalue weighted by atomic mass is 9.93. The van der Waals surface area contributed by atoms with Gasteiger partial charge in [-0.05, 0) is 37.8 Å². The van der Waals surface area contributed by atoms with Crippen molar-refractivity contribution in [2.24, 2.45) is 0 Å². The molecule has 0 spiro atoms. The minimum Gasteiger partial charge on any atom is -0.488 e. The zero-order chi connectivity index (χ0) is 15.6. The number of halogens is 1. The molecule has 0 amide bonds. The Hall–Kier alpha value is -1.34. The maximum absolute atomic E-state index is 13.2. The van der Waals surface area contributed by atoms with Crippen molar-refractivity contribution in [3.05, 3.63) is 24.0 Å². The van der Waals surface area contributed by atoms with E-state index in [2.05, 4.69) is 0 Å². The minimum atomic E-state index is -3.17. The molecule has 0 bridgehead atoms. The molecular formula is C14H21FN2O3S. The fourth-order valence-corrected chi connectivity index (χ4v) is 3.34. The lowest BCUT2D eigenvalue weighted by Gasteiger charge is -2.33. The molecule has 0 saturated heterocycles. The number of rotatable bonds is 4. The fraction of sp³-hybridized carbons (Fsp3) is 0.571. The molecule has 7 heteroatoms. The van der Waals surface area contributed by atoms with Crippen molar-refractivity contribution >= 4 is 15.7 Å². The van der Waals surface area contributed by atoms with Gasteiger partial charge in [-0.15, -0.1) is 0 Å². The van der Waals surface area contributed by atoms with Crippen LogP contribution in [0.15, 0.2) is 18.2 Å². The summed E-state index contributed by atoms with van der Waals surface area (Å²) < 4.78 is 43.4. The van der Waals surface area contributed by atoms with Gasteiger partial charge in [0.1, 0.15) is 11.6 Å². The molecule has 21 heavy (non-hydrogen) atoms. The SMILES string of the molecule is CN([C@H]1CC[C@H](Oc2cc(F)ccc2N)CC1)S(C)(=O)=O. The lowest BCUT2D eigenvalue weighted by molar-refractivity contribution is 0.126. The van der Waals surface area contributed by atoms with Crippen molar-refractivity contribution in [3.8, 4) is 5.75 Å². The molecule has 1 aromatic rings. The number of benzene rings is 1. The smallest absolute Gasteiger partial charge is 0.211 e. The number of sulfonamides is 1. The van der Waals surface area contributed by atoms with Gasteiger partial charge in [0.2, 0.25) is 10.0 Å². The quantitative estimate of drug-likeness (QED) is 0.862. The molecule has 1 aliphatic rings. The first-order chi connectivity index (χ1) is 9.77. The number of hydrogen-bond acceptors (Lipinski definition) is 4. The Morgan fingerprint density at radius 3 is 2.48 bits per heavy atom. The van der Waals surface area contributed by atoms with Gasteiger partial charge in [0.05, 0.1) is 18.0 Å². The predicted molar refractivity (Wildman–Crippen MR) is 80.1 cm³/mol. The van der Waals surface area contributed by atoms with E-state index in [-0.39, 0.29) is 18.0 Å². The van der Waals surface area contributed by atoms with Crippen LogP contribution in [0.2, 0.25) is 0 Å². The first-order valence-electron chi connectivity index (χ1n) is 6.92. The van der Waals surface area contributed by atoms with Gasteiger partial charge in [-0.1, -0.05) is 0 Å². The van der Waals surface area contributed by atoms with Crippen molar-refractivity contribution in [1.82, 2.24) is 4.31 Å². The summed E-state index contributed by atoms with van der Waals surface area (Å²) in [6, 6.07) is 4.06. The summed E-state index contributed by atoms with van der Waals surface area (Å²) >= 11 is 0. The Morgan fingerprint density at radius 2 is 1.90 bits per heavy atom. The average molecular weight is 316 g/mol. The molecule has 0 heterocycles. The van der Waals surface area contributed by atoms with Crippen LogP contribution in [-0.4, -0.2) is 38.2 Å².